The quantitative estimate of drug-likeness (QED) is 0.699. The second-order valence-corrected chi connectivity index (χ2v) is 6.20. The van der Waals surface area contributed by atoms with Gasteiger partial charge in [-0.05, 0) is 43.2 Å². The second kappa shape index (κ2) is 5.05. The lowest BCUT2D eigenvalue weighted by atomic mass is 9.96. The van der Waals surface area contributed by atoms with Gasteiger partial charge in [-0.3, -0.25) is 0 Å². The fourth-order valence-electron chi connectivity index (χ4n) is 2.03. The Hall–Kier alpha value is -0.0800. The first kappa shape index (κ1) is 12.4. The van der Waals surface area contributed by atoms with Gasteiger partial charge in [0.2, 0.25) is 0 Å². The number of halogens is 3. The lowest BCUT2D eigenvalue weighted by Crippen LogP contribution is -2.16. The first-order chi connectivity index (χ1) is 7.59. The monoisotopic (exact) mass is 304 g/mol. The molecule has 1 aromatic rings. The number of hydrogen-bond donors (Lipinski definition) is 0. The Kier molecular flexibility index (Phi) is 3.91. The molecule has 0 N–H and O–H groups in total. The minimum absolute atomic E-state index is 0.194. The second-order valence-electron chi connectivity index (χ2n) is 4.62. The van der Waals surface area contributed by atoms with Crippen molar-refractivity contribution in [1.29, 1.82) is 0 Å². The van der Waals surface area contributed by atoms with Crippen molar-refractivity contribution >= 4 is 27.5 Å². The van der Waals surface area contributed by atoms with Crippen molar-refractivity contribution in [2.75, 3.05) is 0 Å². The van der Waals surface area contributed by atoms with Crippen LogP contribution in [-0.4, -0.2) is 4.83 Å². The zero-order chi connectivity index (χ0) is 11.7. The van der Waals surface area contributed by atoms with E-state index in [0.29, 0.717) is 27.8 Å². The first-order valence-corrected chi connectivity index (χ1v) is 6.96. The van der Waals surface area contributed by atoms with Crippen molar-refractivity contribution in [3.8, 4) is 0 Å². The van der Waals surface area contributed by atoms with E-state index in [9.17, 15) is 4.39 Å². The van der Waals surface area contributed by atoms with Gasteiger partial charge in [0.25, 0.3) is 0 Å². The van der Waals surface area contributed by atoms with E-state index in [-0.39, 0.29) is 5.82 Å². The molecule has 0 amide bonds. The van der Waals surface area contributed by atoms with E-state index in [2.05, 4.69) is 22.9 Å². The van der Waals surface area contributed by atoms with E-state index in [0.717, 1.165) is 5.92 Å². The van der Waals surface area contributed by atoms with Gasteiger partial charge >= 0.3 is 0 Å². The highest BCUT2D eigenvalue weighted by Crippen LogP contribution is 2.41. The zero-order valence-electron chi connectivity index (χ0n) is 9.22. The molecule has 3 heteroatoms. The standard InChI is InChI=1S/C13H15BrClF/c1-8(9-5-6-9)11(14)7-10-12(15)3-2-4-13(10)16/h2-4,8-9,11H,5-7H2,1H3. The van der Waals surface area contributed by atoms with Gasteiger partial charge in [0.05, 0.1) is 0 Å². The lowest BCUT2D eigenvalue weighted by Gasteiger charge is -2.18. The Morgan fingerprint density at radius 2 is 2.19 bits per heavy atom. The fourth-order valence-corrected chi connectivity index (χ4v) is 3.02. The van der Waals surface area contributed by atoms with Crippen LogP contribution in [0.1, 0.15) is 25.3 Å². The van der Waals surface area contributed by atoms with Crippen LogP contribution in [-0.2, 0) is 6.42 Å². The van der Waals surface area contributed by atoms with Gasteiger partial charge in [-0.25, -0.2) is 4.39 Å². The summed E-state index contributed by atoms with van der Waals surface area (Å²) in [6.45, 7) is 2.23. The summed E-state index contributed by atoms with van der Waals surface area (Å²) in [6, 6.07) is 4.87. The third-order valence-corrected chi connectivity index (χ3v) is 4.91. The molecule has 0 radical (unpaired) electrons. The molecule has 2 atom stereocenters. The maximum Gasteiger partial charge on any atom is 0.127 e. The summed E-state index contributed by atoms with van der Waals surface area (Å²) >= 11 is 9.68. The molecule has 2 rings (SSSR count). The fraction of sp³-hybridized carbons (Fsp3) is 0.538. The molecule has 88 valence electrons. The first-order valence-electron chi connectivity index (χ1n) is 5.66. The molecule has 0 aliphatic heterocycles. The molecule has 1 fully saturated rings. The summed E-state index contributed by atoms with van der Waals surface area (Å²) in [6.07, 6.45) is 3.30. The van der Waals surface area contributed by atoms with Crippen molar-refractivity contribution in [3.05, 3.63) is 34.6 Å². The summed E-state index contributed by atoms with van der Waals surface area (Å²) < 4.78 is 13.6. The van der Waals surface area contributed by atoms with E-state index < -0.39 is 0 Å². The van der Waals surface area contributed by atoms with Gasteiger partial charge in [0, 0.05) is 15.4 Å². The van der Waals surface area contributed by atoms with E-state index in [1.165, 1.54) is 18.9 Å². The average Bonchev–Trinajstić information content (AvgIpc) is 3.06. The van der Waals surface area contributed by atoms with E-state index >= 15 is 0 Å². The highest BCUT2D eigenvalue weighted by atomic mass is 79.9. The SMILES string of the molecule is CC(C(Br)Cc1c(F)cccc1Cl)C1CC1. The molecule has 1 aliphatic rings. The van der Waals surface area contributed by atoms with Crippen LogP contribution >= 0.6 is 27.5 Å². The average molecular weight is 306 g/mol. The summed E-state index contributed by atoms with van der Waals surface area (Å²) in [5, 5.41) is 0.535. The summed E-state index contributed by atoms with van der Waals surface area (Å²) in [4.78, 5) is 0.314. The molecule has 0 spiro atoms. The number of benzene rings is 1. The van der Waals surface area contributed by atoms with Crippen LogP contribution in [0.4, 0.5) is 4.39 Å². The molecule has 0 saturated heterocycles. The van der Waals surface area contributed by atoms with Gasteiger partial charge in [-0.15, -0.1) is 0 Å². The van der Waals surface area contributed by atoms with Crippen LogP contribution in [0.3, 0.4) is 0 Å². The molecule has 0 bridgehead atoms. The largest absolute Gasteiger partial charge is 0.207 e. The van der Waals surface area contributed by atoms with Crippen LogP contribution < -0.4 is 0 Å². The van der Waals surface area contributed by atoms with Crippen LogP contribution in [0.15, 0.2) is 18.2 Å². The van der Waals surface area contributed by atoms with Crippen molar-refractivity contribution < 1.29 is 4.39 Å². The molecule has 2 unspecified atom stereocenters. The summed E-state index contributed by atoms with van der Waals surface area (Å²) in [5.74, 6) is 1.21. The molecular weight excluding hydrogens is 290 g/mol. The minimum atomic E-state index is -0.194. The molecule has 16 heavy (non-hydrogen) atoms. The zero-order valence-corrected chi connectivity index (χ0v) is 11.6. The third-order valence-electron chi connectivity index (χ3n) is 3.40. The van der Waals surface area contributed by atoms with E-state index in [1.807, 2.05) is 0 Å². The highest BCUT2D eigenvalue weighted by molar-refractivity contribution is 9.09. The smallest absolute Gasteiger partial charge is 0.127 e. The van der Waals surface area contributed by atoms with Gasteiger partial charge < -0.3 is 0 Å². The van der Waals surface area contributed by atoms with Crippen molar-refractivity contribution in [3.63, 3.8) is 0 Å². The van der Waals surface area contributed by atoms with Crippen LogP contribution in [0.2, 0.25) is 5.02 Å². The Bertz CT molecular complexity index is 356. The summed E-state index contributed by atoms with van der Waals surface area (Å²) in [5.41, 5.74) is 0.638. The molecule has 1 saturated carbocycles. The predicted molar refractivity (Wildman–Crippen MR) is 69.7 cm³/mol. The number of rotatable bonds is 4. The Morgan fingerprint density at radius 1 is 1.50 bits per heavy atom. The maximum atomic E-state index is 13.6. The Labute approximate surface area is 109 Å². The molecule has 1 aliphatic carbocycles. The van der Waals surface area contributed by atoms with Crippen molar-refractivity contribution in [2.45, 2.75) is 31.0 Å². The van der Waals surface area contributed by atoms with Gasteiger partial charge in [0.1, 0.15) is 5.82 Å². The number of hydrogen-bond acceptors (Lipinski definition) is 0. The maximum absolute atomic E-state index is 13.6. The number of alkyl halides is 1. The Morgan fingerprint density at radius 3 is 2.75 bits per heavy atom. The van der Waals surface area contributed by atoms with Gasteiger partial charge in [0.15, 0.2) is 0 Å². The molecule has 0 heterocycles. The lowest BCUT2D eigenvalue weighted by molar-refractivity contribution is 0.483. The van der Waals surface area contributed by atoms with Crippen LogP contribution in [0.25, 0.3) is 0 Å². The molecular formula is C13H15BrClF. The summed E-state index contributed by atoms with van der Waals surface area (Å²) in [7, 11) is 0. The van der Waals surface area contributed by atoms with E-state index in [1.54, 1.807) is 12.1 Å². The van der Waals surface area contributed by atoms with E-state index in [4.69, 9.17) is 11.6 Å². The molecule has 0 nitrogen and oxygen atoms in total. The Balaban J connectivity index is 2.07. The van der Waals surface area contributed by atoms with Crippen LogP contribution in [0.5, 0.6) is 0 Å². The van der Waals surface area contributed by atoms with Gasteiger partial charge in [-0.2, -0.15) is 0 Å². The normalized spacial score (nSPS) is 19.5. The van der Waals surface area contributed by atoms with Crippen molar-refractivity contribution in [2.24, 2.45) is 11.8 Å². The third kappa shape index (κ3) is 2.78. The topological polar surface area (TPSA) is 0 Å². The minimum Gasteiger partial charge on any atom is -0.207 e. The van der Waals surface area contributed by atoms with Crippen molar-refractivity contribution in [1.82, 2.24) is 0 Å². The van der Waals surface area contributed by atoms with Crippen LogP contribution in [0, 0.1) is 17.7 Å². The predicted octanol–water partition coefficient (Wildman–Crippen LogP) is 4.83. The molecule has 1 aromatic carbocycles. The van der Waals surface area contributed by atoms with Gasteiger partial charge in [-0.1, -0.05) is 40.5 Å². The highest BCUT2D eigenvalue weighted by Gasteiger charge is 2.32. The molecule has 0 aromatic heterocycles.